The summed E-state index contributed by atoms with van der Waals surface area (Å²) in [4.78, 5) is 11.5. The zero-order valence-corrected chi connectivity index (χ0v) is 20.5. The van der Waals surface area contributed by atoms with Gasteiger partial charge in [0, 0.05) is 28.8 Å². The summed E-state index contributed by atoms with van der Waals surface area (Å²) in [7, 11) is 0. The Balaban J connectivity index is 1.80. The van der Waals surface area contributed by atoms with Crippen LogP contribution in [0.5, 0.6) is 5.75 Å². The summed E-state index contributed by atoms with van der Waals surface area (Å²) >= 11 is 11.8. The molecule has 5 atom stereocenters. The highest BCUT2D eigenvalue weighted by Gasteiger charge is 2.39. The Labute approximate surface area is 205 Å². The summed E-state index contributed by atoms with van der Waals surface area (Å²) in [5.41, 5.74) is 0. The van der Waals surface area contributed by atoms with Crippen molar-refractivity contribution >= 4 is 29.2 Å². The lowest BCUT2D eigenvalue weighted by Crippen LogP contribution is -2.20. The van der Waals surface area contributed by atoms with Crippen molar-refractivity contribution in [3.8, 4) is 5.75 Å². The van der Waals surface area contributed by atoms with Gasteiger partial charge in [-0.15, -0.1) is 0 Å². The molecule has 0 bridgehead atoms. The van der Waals surface area contributed by atoms with E-state index in [0.29, 0.717) is 35.1 Å². The lowest BCUT2D eigenvalue weighted by molar-refractivity contribution is -0.147. The first-order chi connectivity index (χ1) is 15.7. The van der Waals surface area contributed by atoms with Crippen LogP contribution < -0.4 is 4.74 Å². The first-order valence-electron chi connectivity index (χ1n) is 11.3. The molecule has 1 saturated carbocycles. The van der Waals surface area contributed by atoms with Crippen molar-refractivity contribution < 1.29 is 28.9 Å². The molecular formula is C25H33Cl2FO5. The maximum Gasteiger partial charge on any atom is 0.306 e. The lowest BCUT2D eigenvalue weighted by Gasteiger charge is -2.19. The van der Waals surface area contributed by atoms with Crippen LogP contribution in [0.25, 0.3) is 0 Å². The number of halogens is 3. The fraction of sp³-hybridized carbons (Fsp3) is 0.560. The molecule has 0 spiro atoms. The SMILES string of the molecule is CC(C)OC(=O)CCC/C=C\C[C@@H]1[C@@H](/C=C/C(F)COc2cc(Cl)cc(Cl)c2)[C@H](O)C[C@@H]1O. The minimum Gasteiger partial charge on any atom is -0.490 e. The number of aliphatic hydroxyl groups excluding tert-OH is 2. The number of unbranched alkanes of at least 4 members (excludes halogenated alkanes) is 1. The van der Waals surface area contributed by atoms with Crippen LogP contribution in [0.3, 0.4) is 0 Å². The van der Waals surface area contributed by atoms with Crippen LogP contribution in [0, 0.1) is 11.8 Å². The van der Waals surface area contributed by atoms with E-state index in [9.17, 15) is 19.4 Å². The van der Waals surface area contributed by atoms with E-state index >= 15 is 0 Å². The average Bonchev–Trinajstić information content (AvgIpc) is 2.98. The van der Waals surface area contributed by atoms with Crippen LogP contribution in [0.2, 0.25) is 10.0 Å². The van der Waals surface area contributed by atoms with Crippen molar-refractivity contribution in [1.29, 1.82) is 0 Å². The highest BCUT2D eigenvalue weighted by Crippen LogP contribution is 2.36. The molecule has 5 nitrogen and oxygen atoms in total. The second kappa shape index (κ2) is 14.0. The zero-order chi connectivity index (χ0) is 24.4. The normalized spacial score (nSPS) is 24.1. The molecule has 1 unspecified atom stereocenters. The predicted molar refractivity (Wildman–Crippen MR) is 128 cm³/mol. The fourth-order valence-electron chi connectivity index (χ4n) is 3.86. The second-order valence-electron chi connectivity index (χ2n) is 8.57. The van der Waals surface area contributed by atoms with Gasteiger partial charge in [-0.2, -0.15) is 0 Å². The Morgan fingerprint density at radius 2 is 1.88 bits per heavy atom. The van der Waals surface area contributed by atoms with Gasteiger partial charge in [-0.05, 0) is 57.2 Å². The third kappa shape index (κ3) is 10.0. The quantitative estimate of drug-likeness (QED) is 0.218. The van der Waals surface area contributed by atoms with E-state index in [1.54, 1.807) is 24.3 Å². The Morgan fingerprint density at radius 1 is 1.18 bits per heavy atom. The van der Waals surface area contributed by atoms with Crippen LogP contribution in [0.4, 0.5) is 4.39 Å². The molecule has 8 heteroatoms. The van der Waals surface area contributed by atoms with Gasteiger partial charge in [0.1, 0.15) is 12.4 Å². The summed E-state index contributed by atoms with van der Waals surface area (Å²) < 4.78 is 24.9. The molecule has 2 N–H and O–H groups in total. The number of carbonyl (C=O) groups is 1. The fourth-order valence-corrected chi connectivity index (χ4v) is 4.36. The monoisotopic (exact) mass is 502 g/mol. The number of hydrogen-bond donors (Lipinski definition) is 2. The largest absolute Gasteiger partial charge is 0.490 e. The predicted octanol–water partition coefficient (Wildman–Crippen LogP) is 5.69. The van der Waals surface area contributed by atoms with E-state index in [1.165, 1.54) is 6.08 Å². The van der Waals surface area contributed by atoms with Gasteiger partial charge in [-0.3, -0.25) is 4.79 Å². The molecule has 33 heavy (non-hydrogen) atoms. The molecular weight excluding hydrogens is 470 g/mol. The first kappa shape index (κ1) is 27.6. The molecule has 1 fully saturated rings. The third-order valence-corrected chi connectivity index (χ3v) is 5.83. The van der Waals surface area contributed by atoms with Crippen LogP contribution >= 0.6 is 23.2 Å². The lowest BCUT2D eigenvalue weighted by atomic mass is 9.89. The summed E-state index contributed by atoms with van der Waals surface area (Å²) in [5.74, 6) is -0.399. The van der Waals surface area contributed by atoms with E-state index in [-0.39, 0.29) is 36.9 Å². The number of hydrogen-bond acceptors (Lipinski definition) is 5. The van der Waals surface area contributed by atoms with Crippen LogP contribution in [-0.2, 0) is 9.53 Å². The van der Waals surface area contributed by atoms with Crippen molar-refractivity contribution in [2.24, 2.45) is 11.8 Å². The Morgan fingerprint density at radius 3 is 2.55 bits per heavy atom. The van der Waals surface area contributed by atoms with Crippen molar-refractivity contribution in [3.05, 3.63) is 52.5 Å². The van der Waals surface area contributed by atoms with Crippen LogP contribution in [0.15, 0.2) is 42.5 Å². The molecule has 0 amide bonds. The van der Waals surface area contributed by atoms with Crippen molar-refractivity contribution in [2.75, 3.05) is 6.61 Å². The summed E-state index contributed by atoms with van der Waals surface area (Å²) in [5, 5.41) is 21.4. The van der Waals surface area contributed by atoms with Crippen molar-refractivity contribution in [1.82, 2.24) is 0 Å². The highest BCUT2D eigenvalue weighted by molar-refractivity contribution is 6.34. The minimum atomic E-state index is -1.39. The third-order valence-electron chi connectivity index (χ3n) is 5.40. The van der Waals surface area contributed by atoms with E-state index in [2.05, 4.69) is 0 Å². The molecule has 0 aliphatic heterocycles. The van der Waals surface area contributed by atoms with E-state index in [0.717, 1.165) is 6.42 Å². The summed E-state index contributed by atoms with van der Waals surface area (Å²) in [6, 6.07) is 4.66. The van der Waals surface area contributed by atoms with Crippen LogP contribution in [0.1, 0.15) is 46.0 Å². The molecule has 2 rings (SSSR count). The summed E-state index contributed by atoms with van der Waals surface area (Å²) in [6.45, 7) is 3.41. The molecule has 1 aromatic carbocycles. The van der Waals surface area contributed by atoms with Gasteiger partial charge in [0.2, 0.25) is 0 Å². The summed E-state index contributed by atoms with van der Waals surface area (Å²) in [6.07, 6.45) is 6.55. The van der Waals surface area contributed by atoms with Gasteiger partial charge in [0.05, 0.1) is 18.3 Å². The number of allylic oxidation sites excluding steroid dienone is 2. The minimum absolute atomic E-state index is 0.112. The maximum absolute atomic E-state index is 14.4. The molecule has 1 aliphatic carbocycles. The first-order valence-corrected chi connectivity index (χ1v) is 12.0. The highest BCUT2D eigenvalue weighted by atomic mass is 35.5. The number of rotatable bonds is 12. The number of aliphatic hydroxyl groups is 2. The molecule has 0 heterocycles. The number of carbonyl (C=O) groups excluding carboxylic acids is 1. The van der Waals surface area contributed by atoms with Gasteiger partial charge in [0.15, 0.2) is 6.17 Å². The van der Waals surface area contributed by atoms with E-state index in [4.69, 9.17) is 32.7 Å². The van der Waals surface area contributed by atoms with E-state index < -0.39 is 18.4 Å². The standard InChI is InChI=1S/C25H33Cl2FO5/c1-16(2)33-25(31)8-6-4-3-5-7-21-22(24(30)14-23(21)29)10-9-19(28)15-32-20-12-17(26)11-18(27)13-20/h3,5,9-13,16,19,21-24,29-30H,4,6-8,14-15H2,1-2H3/b5-3-,10-9+/t19?,21-,22-,23+,24-/m1/s1. The van der Waals surface area contributed by atoms with E-state index in [1.807, 2.05) is 26.0 Å². The van der Waals surface area contributed by atoms with Crippen molar-refractivity contribution in [2.45, 2.75) is 70.4 Å². The molecule has 0 radical (unpaired) electrons. The second-order valence-corrected chi connectivity index (χ2v) is 9.44. The molecule has 1 aromatic rings. The maximum atomic E-state index is 14.4. The number of alkyl halides is 1. The number of benzene rings is 1. The molecule has 184 valence electrons. The molecule has 0 aromatic heterocycles. The van der Waals surface area contributed by atoms with Gasteiger partial charge in [-0.25, -0.2) is 4.39 Å². The average molecular weight is 503 g/mol. The van der Waals surface area contributed by atoms with Gasteiger partial charge in [0.25, 0.3) is 0 Å². The zero-order valence-electron chi connectivity index (χ0n) is 19.0. The Hall–Kier alpha value is -1.60. The van der Waals surface area contributed by atoms with Crippen LogP contribution in [-0.4, -0.2) is 47.3 Å². The number of esters is 1. The molecule has 1 aliphatic rings. The van der Waals surface area contributed by atoms with Gasteiger partial charge >= 0.3 is 5.97 Å². The smallest absolute Gasteiger partial charge is 0.306 e. The van der Waals surface area contributed by atoms with Crippen molar-refractivity contribution in [3.63, 3.8) is 0 Å². The Bertz CT molecular complexity index is 794. The molecule has 0 saturated heterocycles. The van der Waals surface area contributed by atoms with Gasteiger partial charge in [-0.1, -0.05) is 47.5 Å². The van der Waals surface area contributed by atoms with Gasteiger partial charge < -0.3 is 19.7 Å². The number of ether oxygens (including phenoxy) is 2. The topological polar surface area (TPSA) is 76.0 Å². The Kier molecular flexibility index (Phi) is 11.7.